The summed E-state index contributed by atoms with van der Waals surface area (Å²) in [6.07, 6.45) is 5.29. The van der Waals surface area contributed by atoms with Gasteiger partial charge in [0, 0.05) is 51.6 Å². The van der Waals surface area contributed by atoms with Gasteiger partial charge in [0.05, 0.1) is 16.7 Å². The van der Waals surface area contributed by atoms with Crippen molar-refractivity contribution in [2.45, 2.75) is 0 Å². The van der Waals surface area contributed by atoms with Gasteiger partial charge in [0.1, 0.15) is 5.69 Å². The molecule has 0 saturated carbocycles. The molecule has 0 saturated heterocycles. The van der Waals surface area contributed by atoms with Gasteiger partial charge >= 0.3 is 0 Å². The molecule has 4 aromatic heterocycles. The van der Waals surface area contributed by atoms with Crippen LogP contribution in [0.2, 0.25) is 0 Å². The van der Waals surface area contributed by atoms with Gasteiger partial charge < -0.3 is 4.57 Å². The number of rotatable bonds is 8. The third-order valence-corrected chi connectivity index (χ3v) is 11.2. The van der Waals surface area contributed by atoms with Crippen molar-refractivity contribution in [2.75, 3.05) is 0 Å². The summed E-state index contributed by atoms with van der Waals surface area (Å²) < 4.78 is 2.45. The van der Waals surface area contributed by atoms with E-state index in [-0.39, 0.29) is 0 Å². The zero-order valence-electron chi connectivity index (χ0n) is 33.0. The molecule has 7 aromatic carbocycles. The molecule has 0 N–H and O–H groups in total. The van der Waals surface area contributed by atoms with Gasteiger partial charge in [-0.2, -0.15) is 0 Å². The molecule has 0 fully saturated rings. The van der Waals surface area contributed by atoms with E-state index >= 15 is 0 Å². The van der Waals surface area contributed by atoms with Gasteiger partial charge in [-0.1, -0.05) is 140 Å². The van der Waals surface area contributed by atoms with Crippen molar-refractivity contribution in [1.29, 1.82) is 0 Å². The van der Waals surface area contributed by atoms with E-state index in [1.807, 2.05) is 30.3 Å². The summed E-state index contributed by atoms with van der Waals surface area (Å²) in [6.45, 7) is 0. The van der Waals surface area contributed by atoms with Gasteiger partial charge in [-0.25, -0.2) is 15.0 Å². The van der Waals surface area contributed by atoms with E-state index in [2.05, 4.69) is 184 Å². The summed E-state index contributed by atoms with van der Waals surface area (Å²) in [5.41, 5.74) is 14.5. The Morgan fingerprint density at radius 3 is 1.30 bits per heavy atom. The fraction of sp³-hybridized carbons (Fsp3) is 0. The number of nitrogens with zero attached hydrogens (tertiary/aromatic N) is 6. The number of hydrogen-bond donors (Lipinski definition) is 0. The van der Waals surface area contributed by atoms with Gasteiger partial charge in [-0.15, -0.1) is 0 Å². The fourth-order valence-electron chi connectivity index (χ4n) is 8.30. The normalized spacial score (nSPS) is 11.3. The lowest BCUT2D eigenvalue weighted by Gasteiger charge is -2.21. The minimum absolute atomic E-state index is 0.488. The van der Waals surface area contributed by atoms with Crippen LogP contribution in [0.25, 0.3) is 106 Å². The summed E-state index contributed by atoms with van der Waals surface area (Å²) in [5.74, 6) is 1.55. The number of aromatic nitrogens is 6. The molecule has 0 aliphatic carbocycles. The van der Waals surface area contributed by atoms with Crippen LogP contribution in [0, 0.1) is 0 Å². The van der Waals surface area contributed by atoms with E-state index < -0.39 is 0 Å². The molecule has 0 spiro atoms. The van der Waals surface area contributed by atoms with Crippen LogP contribution in [-0.4, -0.2) is 29.5 Å². The van der Waals surface area contributed by atoms with Gasteiger partial charge in [-0.3, -0.25) is 9.97 Å². The second-order valence-electron chi connectivity index (χ2n) is 14.9. The second-order valence-corrected chi connectivity index (χ2v) is 14.9. The first-order valence-corrected chi connectivity index (χ1v) is 20.3. The molecular weight excluding hydrogens is 745 g/mol. The maximum Gasteiger partial charge on any atom is 0.182 e. The van der Waals surface area contributed by atoms with Gasteiger partial charge in [0.15, 0.2) is 17.5 Å². The highest BCUT2D eigenvalue weighted by Gasteiger charge is 2.24. The van der Waals surface area contributed by atoms with Crippen molar-refractivity contribution in [3.05, 3.63) is 219 Å². The van der Waals surface area contributed by atoms with Crippen molar-refractivity contribution in [3.8, 4) is 84.5 Å². The van der Waals surface area contributed by atoms with E-state index in [0.29, 0.717) is 23.2 Å². The minimum Gasteiger partial charge on any atom is -0.308 e. The predicted molar refractivity (Wildman–Crippen MR) is 248 cm³/mol. The largest absolute Gasteiger partial charge is 0.308 e. The molecule has 11 aromatic rings. The fourth-order valence-corrected chi connectivity index (χ4v) is 8.30. The van der Waals surface area contributed by atoms with Gasteiger partial charge in [0.25, 0.3) is 0 Å². The van der Waals surface area contributed by atoms with Crippen LogP contribution in [-0.2, 0) is 0 Å². The highest BCUT2D eigenvalue weighted by Crippen LogP contribution is 2.45. The van der Waals surface area contributed by atoms with Crippen LogP contribution >= 0.6 is 0 Å². The lowest BCUT2D eigenvalue weighted by Crippen LogP contribution is -2.04. The molecule has 0 aliphatic rings. The first-order chi connectivity index (χ1) is 30.2. The van der Waals surface area contributed by atoms with Gasteiger partial charge in [0.2, 0.25) is 0 Å². The molecule has 0 atom stereocenters. The Morgan fingerprint density at radius 2 is 0.803 bits per heavy atom. The van der Waals surface area contributed by atoms with Gasteiger partial charge in [-0.05, 0) is 94.0 Å². The smallest absolute Gasteiger partial charge is 0.182 e. The summed E-state index contributed by atoms with van der Waals surface area (Å²) in [7, 11) is 0. The molecule has 0 amide bonds. The molecule has 6 nitrogen and oxygen atoms in total. The van der Waals surface area contributed by atoms with Crippen molar-refractivity contribution < 1.29 is 0 Å². The van der Waals surface area contributed by atoms with Crippen molar-refractivity contribution >= 4 is 21.8 Å². The average Bonchev–Trinajstić information content (AvgIpc) is 3.67. The molecule has 61 heavy (non-hydrogen) atoms. The van der Waals surface area contributed by atoms with Crippen molar-refractivity contribution in [2.24, 2.45) is 0 Å². The van der Waals surface area contributed by atoms with E-state index in [4.69, 9.17) is 15.0 Å². The Balaban J connectivity index is 1.24. The molecule has 0 aliphatic heterocycles. The predicted octanol–water partition coefficient (Wildman–Crippen LogP) is 13.4. The van der Waals surface area contributed by atoms with E-state index in [1.54, 1.807) is 18.6 Å². The molecule has 0 unspecified atom stereocenters. The van der Waals surface area contributed by atoms with Crippen molar-refractivity contribution in [3.63, 3.8) is 0 Å². The minimum atomic E-state index is 0.488. The lowest BCUT2D eigenvalue weighted by atomic mass is 9.92. The third kappa shape index (κ3) is 6.72. The second kappa shape index (κ2) is 15.4. The molecule has 0 radical (unpaired) electrons. The topological polar surface area (TPSA) is 69.4 Å². The van der Waals surface area contributed by atoms with Crippen LogP contribution in [0.3, 0.4) is 0 Å². The Morgan fingerprint density at radius 1 is 0.328 bits per heavy atom. The number of benzene rings is 7. The first-order valence-electron chi connectivity index (χ1n) is 20.3. The Hall–Kier alpha value is -8.35. The van der Waals surface area contributed by atoms with E-state index in [1.165, 1.54) is 33.0 Å². The van der Waals surface area contributed by atoms with Crippen LogP contribution in [0.4, 0.5) is 0 Å². The Bertz CT molecular complexity index is 3100. The molecule has 286 valence electrons. The summed E-state index contributed by atoms with van der Waals surface area (Å²) in [6, 6.07) is 70.3. The maximum atomic E-state index is 5.14. The molecule has 4 heterocycles. The zero-order chi connectivity index (χ0) is 40.5. The summed E-state index contributed by atoms with van der Waals surface area (Å²) >= 11 is 0. The standard InChI is InChI=1S/C55H36N6/c1-5-16-37(17-6-1)41-26-28-50-47(32-41)48-33-42(38-18-7-2-8-19-38)27-29-51(48)61(50)52-45(39-20-9-3-10-21-39)34-44(35-46(52)40-22-11-4-12-23-40)54-58-53(43-24-15-30-56-36-43)59-55(60-54)49-25-13-14-31-57-49/h1-36H. The summed E-state index contributed by atoms with van der Waals surface area (Å²) in [4.78, 5) is 24.2. The highest BCUT2D eigenvalue weighted by atomic mass is 15.0. The Kier molecular flexibility index (Phi) is 9.06. The van der Waals surface area contributed by atoms with Crippen LogP contribution in [0.15, 0.2) is 219 Å². The maximum absolute atomic E-state index is 5.14. The summed E-state index contributed by atoms with van der Waals surface area (Å²) in [5, 5.41) is 2.35. The molecular formula is C55H36N6. The number of hydrogen-bond acceptors (Lipinski definition) is 5. The number of pyridine rings is 2. The van der Waals surface area contributed by atoms with Crippen LogP contribution < -0.4 is 0 Å². The lowest BCUT2D eigenvalue weighted by molar-refractivity contribution is 1.05. The quantitative estimate of drug-likeness (QED) is 0.154. The molecule has 6 heteroatoms. The highest BCUT2D eigenvalue weighted by molar-refractivity contribution is 6.13. The first kappa shape index (κ1) is 35.8. The molecule has 0 bridgehead atoms. The zero-order valence-corrected chi connectivity index (χ0v) is 33.0. The van der Waals surface area contributed by atoms with E-state index in [0.717, 1.165) is 50.1 Å². The van der Waals surface area contributed by atoms with Crippen molar-refractivity contribution in [1.82, 2.24) is 29.5 Å². The van der Waals surface area contributed by atoms with Crippen LogP contribution in [0.5, 0.6) is 0 Å². The van der Waals surface area contributed by atoms with E-state index in [9.17, 15) is 0 Å². The monoisotopic (exact) mass is 780 g/mol. The molecule has 11 rings (SSSR count). The Labute approximate surface area is 353 Å². The average molecular weight is 781 g/mol. The SMILES string of the molecule is c1ccc(-c2ccc3c(c2)c2cc(-c4ccccc4)ccc2n3-c2c(-c3ccccc3)cc(-c3nc(-c4cccnc4)nc(-c4ccccn4)n3)cc2-c2ccccc2)cc1. The van der Waals surface area contributed by atoms with Crippen LogP contribution in [0.1, 0.15) is 0 Å². The number of fused-ring (bicyclic) bond motifs is 3. The third-order valence-electron chi connectivity index (χ3n) is 11.2.